The molecule has 0 aromatic heterocycles. The molecule has 0 unspecified atom stereocenters. The lowest BCUT2D eigenvalue weighted by Gasteiger charge is -2.29. The molecule has 0 spiro atoms. The summed E-state index contributed by atoms with van der Waals surface area (Å²) >= 11 is 5.72. The minimum atomic E-state index is -3.79. The summed E-state index contributed by atoms with van der Waals surface area (Å²) in [5.74, 6) is -1.14. The average molecular weight is 427 g/mol. The van der Waals surface area contributed by atoms with Crippen molar-refractivity contribution in [1.29, 1.82) is 0 Å². The van der Waals surface area contributed by atoms with E-state index in [0.717, 1.165) is 6.07 Å². The number of sulfonamides is 1. The van der Waals surface area contributed by atoms with Crippen LogP contribution in [0.25, 0.3) is 0 Å². The van der Waals surface area contributed by atoms with E-state index in [1.54, 1.807) is 13.0 Å². The Morgan fingerprint density at radius 2 is 1.89 bits per heavy atom. The molecule has 2 aromatic carbocycles. The lowest BCUT2D eigenvalue weighted by molar-refractivity contribution is 0.102. The molecular weight excluding hydrogens is 407 g/mol. The topological polar surface area (TPSA) is 86.7 Å². The monoisotopic (exact) mass is 426 g/mol. The molecule has 6 nitrogen and oxygen atoms in total. The number of anilines is 1. The Labute approximate surface area is 168 Å². The van der Waals surface area contributed by atoms with Crippen molar-refractivity contribution < 1.29 is 22.7 Å². The van der Waals surface area contributed by atoms with E-state index in [4.69, 9.17) is 11.6 Å². The second-order valence-corrected chi connectivity index (χ2v) is 9.01. The first-order valence-corrected chi connectivity index (χ1v) is 10.6. The lowest BCUT2D eigenvalue weighted by Crippen LogP contribution is -2.40. The molecule has 0 saturated carbocycles. The lowest BCUT2D eigenvalue weighted by atomic mass is 10.1. The fraction of sp³-hybridized carbons (Fsp3) is 0.316. The van der Waals surface area contributed by atoms with E-state index < -0.39 is 27.9 Å². The Morgan fingerprint density at radius 1 is 1.21 bits per heavy atom. The number of amides is 1. The normalized spacial score (nSPS) is 16.1. The first-order chi connectivity index (χ1) is 13.2. The highest BCUT2D eigenvalue weighted by molar-refractivity contribution is 7.89. The zero-order valence-electron chi connectivity index (χ0n) is 15.2. The van der Waals surface area contributed by atoms with Crippen LogP contribution in [0.15, 0.2) is 41.3 Å². The van der Waals surface area contributed by atoms with Crippen LogP contribution in [0.4, 0.5) is 10.1 Å². The molecule has 150 valence electrons. The maximum Gasteiger partial charge on any atom is 0.255 e. The van der Waals surface area contributed by atoms with Gasteiger partial charge in [0.2, 0.25) is 10.0 Å². The number of hydrogen-bond acceptors (Lipinski definition) is 4. The molecule has 1 fully saturated rings. The van der Waals surface area contributed by atoms with E-state index >= 15 is 0 Å². The molecule has 0 radical (unpaired) electrons. The van der Waals surface area contributed by atoms with Gasteiger partial charge in [-0.3, -0.25) is 4.79 Å². The minimum absolute atomic E-state index is 0.0497. The van der Waals surface area contributed by atoms with Crippen LogP contribution in [-0.2, 0) is 10.0 Å². The van der Waals surface area contributed by atoms with E-state index in [2.05, 4.69) is 5.32 Å². The van der Waals surface area contributed by atoms with Crippen LogP contribution in [-0.4, -0.2) is 42.9 Å². The van der Waals surface area contributed by atoms with Crippen LogP contribution in [0.5, 0.6) is 0 Å². The number of piperidine rings is 1. The molecule has 0 aliphatic carbocycles. The van der Waals surface area contributed by atoms with Crippen molar-refractivity contribution in [3.05, 3.63) is 58.4 Å². The van der Waals surface area contributed by atoms with Gasteiger partial charge in [0.25, 0.3) is 5.91 Å². The maximum atomic E-state index is 13.3. The number of benzene rings is 2. The molecular formula is C19H20ClFN2O4S. The van der Waals surface area contributed by atoms with E-state index in [-0.39, 0.29) is 28.6 Å². The number of aryl methyl sites for hydroxylation is 1. The van der Waals surface area contributed by atoms with E-state index in [0.29, 0.717) is 24.1 Å². The smallest absolute Gasteiger partial charge is 0.255 e. The number of hydrogen-bond donors (Lipinski definition) is 2. The minimum Gasteiger partial charge on any atom is -0.393 e. The van der Waals surface area contributed by atoms with Crippen molar-refractivity contribution in [3.63, 3.8) is 0 Å². The quantitative estimate of drug-likeness (QED) is 0.786. The number of aliphatic hydroxyl groups excluding tert-OH is 1. The Morgan fingerprint density at radius 3 is 2.54 bits per heavy atom. The summed E-state index contributed by atoms with van der Waals surface area (Å²) in [6.07, 6.45) is 0.264. The molecule has 0 atom stereocenters. The van der Waals surface area contributed by atoms with Gasteiger partial charge in [-0.15, -0.1) is 0 Å². The van der Waals surface area contributed by atoms with Crippen molar-refractivity contribution in [2.24, 2.45) is 0 Å². The summed E-state index contributed by atoms with van der Waals surface area (Å²) in [4.78, 5) is 12.6. The summed E-state index contributed by atoms with van der Waals surface area (Å²) in [5, 5.41) is 12.1. The third-order valence-electron chi connectivity index (χ3n) is 4.67. The van der Waals surface area contributed by atoms with E-state index in [9.17, 15) is 22.7 Å². The van der Waals surface area contributed by atoms with Crippen LogP contribution in [0.2, 0.25) is 5.02 Å². The highest BCUT2D eigenvalue weighted by Crippen LogP contribution is 2.25. The Kier molecular flexibility index (Phi) is 6.04. The highest BCUT2D eigenvalue weighted by atomic mass is 35.5. The standard InChI is InChI=1S/C19H20ClFN2O4S/c1-12-2-3-13(19(25)22-14-4-5-17(21)16(20)11-14)10-18(12)28(26,27)23-8-6-15(24)7-9-23/h2-5,10-11,15,24H,6-9H2,1H3,(H,22,25). The zero-order valence-corrected chi connectivity index (χ0v) is 16.7. The number of rotatable bonds is 4. The molecule has 1 aliphatic rings. The van der Waals surface area contributed by atoms with Gasteiger partial charge in [-0.1, -0.05) is 17.7 Å². The van der Waals surface area contributed by atoms with Crippen LogP contribution in [0.1, 0.15) is 28.8 Å². The van der Waals surface area contributed by atoms with Gasteiger partial charge in [-0.2, -0.15) is 4.31 Å². The number of nitrogens with zero attached hydrogens (tertiary/aromatic N) is 1. The first-order valence-electron chi connectivity index (χ1n) is 8.74. The van der Waals surface area contributed by atoms with Crippen molar-refractivity contribution in [1.82, 2.24) is 4.31 Å². The predicted molar refractivity (Wildman–Crippen MR) is 105 cm³/mol. The van der Waals surface area contributed by atoms with Crippen LogP contribution in [0.3, 0.4) is 0 Å². The number of aliphatic hydroxyl groups is 1. The van der Waals surface area contributed by atoms with Gasteiger partial charge in [-0.25, -0.2) is 12.8 Å². The van der Waals surface area contributed by atoms with Gasteiger partial charge >= 0.3 is 0 Å². The van der Waals surface area contributed by atoms with E-state index in [1.807, 2.05) is 0 Å². The fourth-order valence-corrected chi connectivity index (χ4v) is 4.92. The number of carbonyl (C=O) groups excluding carboxylic acids is 1. The molecule has 1 heterocycles. The Bertz CT molecular complexity index is 1000. The third kappa shape index (κ3) is 4.35. The molecule has 2 N–H and O–H groups in total. The van der Waals surface area contributed by atoms with Gasteiger partial charge < -0.3 is 10.4 Å². The summed E-state index contributed by atoms with van der Waals surface area (Å²) < 4.78 is 40.5. The number of carbonyl (C=O) groups is 1. The molecule has 1 amide bonds. The molecule has 1 saturated heterocycles. The maximum absolute atomic E-state index is 13.3. The molecule has 1 aliphatic heterocycles. The second kappa shape index (κ2) is 8.16. The fourth-order valence-electron chi connectivity index (χ4n) is 3.02. The molecule has 2 aromatic rings. The van der Waals surface area contributed by atoms with Crippen molar-refractivity contribution in [3.8, 4) is 0 Å². The highest BCUT2D eigenvalue weighted by Gasteiger charge is 2.30. The van der Waals surface area contributed by atoms with Crippen molar-refractivity contribution >= 4 is 33.2 Å². The predicted octanol–water partition coefficient (Wildman–Crippen LogP) is 3.19. The van der Waals surface area contributed by atoms with Crippen LogP contribution in [0, 0.1) is 12.7 Å². The Balaban J connectivity index is 1.86. The summed E-state index contributed by atoms with van der Waals surface area (Å²) in [7, 11) is -3.79. The van der Waals surface area contributed by atoms with Gasteiger partial charge in [-0.05, 0) is 55.7 Å². The number of nitrogens with one attached hydrogen (secondary N) is 1. The van der Waals surface area contributed by atoms with Gasteiger partial charge in [0.1, 0.15) is 5.82 Å². The second-order valence-electron chi connectivity index (χ2n) is 6.70. The third-order valence-corrected chi connectivity index (χ3v) is 7.00. The average Bonchev–Trinajstić information content (AvgIpc) is 2.65. The van der Waals surface area contributed by atoms with Crippen molar-refractivity contribution in [2.45, 2.75) is 30.8 Å². The van der Waals surface area contributed by atoms with Gasteiger partial charge in [0, 0.05) is 24.3 Å². The van der Waals surface area contributed by atoms with Crippen LogP contribution < -0.4 is 5.32 Å². The molecule has 9 heteroatoms. The number of halogens is 2. The zero-order chi connectivity index (χ0) is 20.5. The van der Waals surface area contributed by atoms with Crippen molar-refractivity contribution in [2.75, 3.05) is 18.4 Å². The molecule has 0 bridgehead atoms. The summed E-state index contributed by atoms with van der Waals surface area (Å²) in [5.41, 5.74) is 0.973. The van der Waals surface area contributed by atoms with Crippen LogP contribution >= 0.6 is 11.6 Å². The van der Waals surface area contributed by atoms with Gasteiger partial charge in [0.05, 0.1) is 16.0 Å². The molecule has 28 heavy (non-hydrogen) atoms. The molecule has 3 rings (SSSR count). The van der Waals surface area contributed by atoms with Gasteiger partial charge in [0.15, 0.2) is 0 Å². The SMILES string of the molecule is Cc1ccc(C(=O)Nc2ccc(F)c(Cl)c2)cc1S(=O)(=O)N1CCC(O)CC1. The van der Waals surface area contributed by atoms with E-state index in [1.165, 1.54) is 28.6 Å². The summed E-state index contributed by atoms with van der Waals surface area (Å²) in [6.45, 7) is 2.12. The Hall–Kier alpha value is -2.00. The first kappa shape index (κ1) is 20.7. The largest absolute Gasteiger partial charge is 0.393 e. The summed E-state index contributed by atoms with van der Waals surface area (Å²) in [6, 6.07) is 8.20.